The molecule has 0 aliphatic heterocycles. The van der Waals surface area contributed by atoms with Gasteiger partial charge in [0.25, 0.3) is 0 Å². The highest BCUT2D eigenvalue weighted by atomic mass is 35.5. The molecular weight excluding hydrogens is 545 g/mol. The predicted molar refractivity (Wildman–Crippen MR) is 144 cm³/mol. The molecule has 1 N–H and O–H groups in total. The first-order chi connectivity index (χ1) is 19.0. The van der Waals surface area contributed by atoms with Crippen molar-refractivity contribution < 1.29 is 32.7 Å². The second kappa shape index (κ2) is 12.8. The molecule has 0 unspecified atom stereocenters. The molecule has 0 saturated heterocycles. The van der Waals surface area contributed by atoms with Gasteiger partial charge in [0.15, 0.2) is 11.5 Å². The number of aliphatic carboxylic acids is 1. The third kappa shape index (κ3) is 7.81. The van der Waals surface area contributed by atoms with E-state index in [1.165, 1.54) is 29.8 Å². The quantitative estimate of drug-likeness (QED) is 0.240. The summed E-state index contributed by atoms with van der Waals surface area (Å²) < 4.78 is 41.7. The number of carboxylic acid groups (broad SMARTS) is 1. The molecule has 6 nitrogen and oxygen atoms in total. The van der Waals surface area contributed by atoms with Crippen molar-refractivity contribution in [2.24, 2.45) is 5.92 Å². The van der Waals surface area contributed by atoms with E-state index in [9.17, 15) is 27.6 Å². The Hall–Kier alpha value is -3.46. The Morgan fingerprint density at radius 3 is 2.20 bits per heavy atom. The lowest BCUT2D eigenvalue weighted by atomic mass is 9.77. The number of benzene rings is 2. The molecule has 212 valence electrons. The fraction of sp³-hybridized carbons (Fsp3) is 0.400. The highest BCUT2D eigenvalue weighted by Crippen LogP contribution is 2.37. The number of halogens is 4. The number of Topliss-reactive ketones (excluding diaryl/α,β-unsaturated/α-hetero) is 2. The predicted octanol–water partition coefficient (Wildman–Crippen LogP) is 7.46. The molecule has 0 radical (unpaired) electrons. The number of carboxylic acids is 1. The average Bonchev–Trinajstić information content (AvgIpc) is 3.36. The molecule has 1 fully saturated rings. The third-order valence-corrected chi connectivity index (χ3v) is 7.65. The minimum Gasteiger partial charge on any atom is -0.481 e. The third-order valence-electron chi connectivity index (χ3n) is 7.40. The Kier molecular flexibility index (Phi) is 9.45. The summed E-state index contributed by atoms with van der Waals surface area (Å²) in [6, 6.07) is 13.9. The van der Waals surface area contributed by atoms with Crippen LogP contribution in [0.4, 0.5) is 13.2 Å². The maximum absolute atomic E-state index is 13.6. The second-order valence-electron chi connectivity index (χ2n) is 10.4. The number of hydrogen-bond donors (Lipinski definition) is 1. The zero-order chi connectivity index (χ0) is 28.9. The molecule has 3 aromatic rings. The van der Waals surface area contributed by atoms with Crippen LogP contribution in [0.5, 0.6) is 0 Å². The summed E-state index contributed by atoms with van der Waals surface area (Å²) >= 11 is 5.84. The molecule has 1 aromatic heterocycles. The average molecular weight is 575 g/mol. The van der Waals surface area contributed by atoms with E-state index < -0.39 is 29.2 Å². The fourth-order valence-corrected chi connectivity index (χ4v) is 5.39. The van der Waals surface area contributed by atoms with Crippen molar-refractivity contribution in [1.29, 1.82) is 0 Å². The summed E-state index contributed by atoms with van der Waals surface area (Å²) in [5.74, 6) is -0.952. The van der Waals surface area contributed by atoms with Gasteiger partial charge in [-0.15, -0.1) is 0 Å². The standard InChI is InChI=1S/C30H30ClF3N2O4/c31-23-12-14-24(15-13-23)36-18-26(29(35-36)30(32,33)34)27(38)3-1-2-25(37)16-19-4-8-21(9-5-19)22-10-6-20(7-11-22)17-28(39)40/h4-5,8-9,12-15,18,20,22H,1-3,6-7,10-11,16-17H2,(H,39,40). The molecule has 1 saturated carbocycles. The second-order valence-corrected chi connectivity index (χ2v) is 10.8. The lowest BCUT2D eigenvalue weighted by Crippen LogP contribution is -2.16. The molecule has 10 heteroatoms. The van der Waals surface area contributed by atoms with Crippen molar-refractivity contribution in [3.05, 3.63) is 82.1 Å². The van der Waals surface area contributed by atoms with E-state index in [0.717, 1.165) is 42.1 Å². The zero-order valence-electron chi connectivity index (χ0n) is 21.8. The lowest BCUT2D eigenvalue weighted by molar-refractivity contribution is -0.141. The van der Waals surface area contributed by atoms with Crippen LogP contribution in [0.15, 0.2) is 54.7 Å². The van der Waals surface area contributed by atoms with E-state index in [0.29, 0.717) is 16.6 Å². The van der Waals surface area contributed by atoms with Crippen molar-refractivity contribution in [1.82, 2.24) is 9.78 Å². The van der Waals surface area contributed by atoms with E-state index >= 15 is 0 Å². The van der Waals surface area contributed by atoms with Gasteiger partial charge in [0, 0.05) is 36.9 Å². The molecule has 40 heavy (non-hydrogen) atoms. The van der Waals surface area contributed by atoms with Gasteiger partial charge in [0.05, 0.1) is 11.3 Å². The monoisotopic (exact) mass is 574 g/mol. The highest BCUT2D eigenvalue weighted by molar-refractivity contribution is 6.30. The van der Waals surface area contributed by atoms with Crippen molar-refractivity contribution in [3.63, 3.8) is 0 Å². The number of hydrogen-bond acceptors (Lipinski definition) is 4. The van der Waals surface area contributed by atoms with Crippen LogP contribution >= 0.6 is 11.6 Å². The van der Waals surface area contributed by atoms with Gasteiger partial charge in [-0.05, 0) is 79.3 Å². The van der Waals surface area contributed by atoms with Crippen LogP contribution in [0, 0.1) is 5.92 Å². The number of aromatic nitrogens is 2. The number of alkyl halides is 3. The summed E-state index contributed by atoms with van der Waals surface area (Å²) in [5, 5.41) is 13.0. The Morgan fingerprint density at radius 1 is 0.950 bits per heavy atom. The van der Waals surface area contributed by atoms with Crippen LogP contribution in [0.1, 0.15) is 84.5 Å². The van der Waals surface area contributed by atoms with Gasteiger partial charge in [0.1, 0.15) is 5.78 Å². The lowest BCUT2D eigenvalue weighted by Gasteiger charge is -2.28. The van der Waals surface area contributed by atoms with Crippen molar-refractivity contribution >= 4 is 29.1 Å². The van der Waals surface area contributed by atoms with Crippen LogP contribution in [-0.4, -0.2) is 32.4 Å². The van der Waals surface area contributed by atoms with Gasteiger partial charge < -0.3 is 5.11 Å². The van der Waals surface area contributed by atoms with Crippen LogP contribution in [0.25, 0.3) is 5.69 Å². The summed E-state index contributed by atoms with van der Waals surface area (Å²) in [7, 11) is 0. The highest BCUT2D eigenvalue weighted by Gasteiger charge is 2.39. The molecule has 2 aromatic carbocycles. The molecule has 1 aliphatic carbocycles. The SMILES string of the molecule is O=C(O)CC1CCC(c2ccc(CC(=O)CCCC(=O)c3cn(-c4ccc(Cl)cc4)nc3C(F)(F)F)cc2)CC1. The Morgan fingerprint density at radius 2 is 1.60 bits per heavy atom. The number of ketones is 2. The summed E-state index contributed by atoms with van der Waals surface area (Å²) in [6.45, 7) is 0. The maximum Gasteiger partial charge on any atom is 0.435 e. The summed E-state index contributed by atoms with van der Waals surface area (Å²) in [5.41, 5.74) is 0.566. The number of carbonyl (C=O) groups is 3. The molecule has 1 aliphatic rings. The Balaban J connectivity index is 1.28. The van der Waals surface area contributed by atoms with E-state index in [2.05, 4.69) is 5.10 Å². The molecule has 4 rings (SSSR count). The van der Waals surface area contributed by atoms with Crippen molar-refractivity contribution in [2.45, 2.75) is 69.9 Å². The van der Waals surface area contributed by atoms with Crippen molar-refractivity contribution in [2.75, 3.05) is 0 Å². The van der Waals surface area contributed by atoms with E-state index in [1.807, 2.05) is 24.3 Å². The Bertz CT molecular complexity index is 1340. The fourth-order valence-electron chi connectivity index (χ4n) is 5.26. The number of rotatable bonds is 11. The van der Waals surface area contributed by atoms with Crippen LogP contribution in [-0.2, 0) is 22.2 Å². The Labute approximate surface area is 235 Å². The largest absolute Gasteiger partial charge is 0.481 e. The normalized spacial score (nSPS) is 17.5. The van der Waals surface area contributed by atoms with E-state index in [-0.39, 0.29) is 43.8 Å². The first-order valence-corrected chi connectivity index (χ1v) is 13.7. The maximum atomic E-state index is 13.6. The van der Waals surface area contributed by atoms with Gasteiger partial charge in [-0.1, -0.05) is 35.9 Å². The number of nitrogens with zero attached hydrogens (tertiary/aromatic N) is 2. The molecule has 1 heterocycles. The molecule has 0 spiro atoms. The minimum atomic E-state index is -4.80. The van der Waals surface area contributed by atoms with Crippen LogP contribution < -0.4 is 0 Å². The molecule has 0 atom stereocenters. The van der Waals surface area contributed by atoms with E-state index in [1.54, 1.807) is 0 Å². The van der Waals surface area contributed by atoms with Gasteiger partial charge in [-0.3, -0.25) is 14.4 Å². The van der Waals surface area contributed by atoms with Gasteiger partial charge in [0.2, 0.25) is 0 Å². The van der Waals surface area contributed by atoms with Gasteiger partial charge >= 0.3 is 12.1 Å². The molecule has 0 amide bonds. The first kappa shape index (κ1) is 29.5. The minimum absolute atomic E-state index is 0.0771. The van der Waals surface area contributed by atoms with Crippen LogP contribution in [0.2, 0.25) is 5.02 Å². The van der Waals surface area contributed by atoms with Crippen LogP contribution in [0.3, 0.4) is 0 Å². The zero-order valence-corrected chi connectivity index (χ0v) is 22.5. The first-order valence-electron chi connectivity index (χ1n) is 13.3. The molecule has 0 bridgehead atoms. The smallest absolute Gasteiger partial charge is 0.435 e. The summed E-state index contributed by atoms with van der Waals surface area (Å²) in [4.78, 5) is 36.1. The topological polar surface area (TPSA) is 89.3 Å². The van der Waals surface area contributed by atoms with E-state index in [4.69, 9.17) is 16.7 Å². The van der Waals surface area contributed by atoms with Gasteiger partial charge in [-0.2, -0.15) is 18.3 Å². The molecular formula is C30H30ClF3N2O4. The number of carbonyl (C=O) groups excluding carboxylic acids is 2. The summed E-state index contributed by atoms with van der Waals surface area (Å²) in [6.07, 6.45) is 0.344. The van der Waals surface area contributed by atoms with Crippen molar-refractivity contribution in [3.8, 4) is 5.69 Å². The van der Waals surface area contributed by atoms with Gasteiger partial charge in [-0.25, -0.2) is 4.68 Å².